The lowest BCUT2D eigenvalue weighted by atomic mass is 9.86. The van der Waals surface area contributed by atoms with Crippen LogP contribution in [0.2, 0.25) is 0 Å². The van der Waals surface area contributed by atoms with Gasteiger partial charge < -0.3 is 9.64 Å². The van der Waals surface area contributed by atoms with Gasteiger partial charge in [-0.3, -0.25) is 9.69 Å². The van der Waals surface area contributed by atoms with Crippen LogP contribution in [0.15, 0.2) is 48.5 Å². The Hall–Kier alpha value is -2.33. The van der Waals surface area contributed by atoms with Crippen molar-refractivity contribution in [2.75, 3.05) is 26.7 Å². The smallest absolute Gasteiger partial charge is 0.234 e. The summed E-state index contributed by atoms with van der Waals surface area (Å²) >= 11 is 0. The first kappa shape index (κ1) is 19.0. The van der Waals surface area contributed by atoms with Crippen LogP contribution in [0.4, 0.5) is 0 Å². The Morgan fingerprint density at radius 2 is 1.57 bits per heavy atom. The van der Waals surface area contributed by atoms with Crippen molar-refractivity contribution in [1.29, 1.82) is 0 Å². The number of rotatable bonds is 5. The van der Waals surface area contributed by atoms with Crippen LogP contribution in [-0.2, 0) is 4.79 Å². The van der Waals surface area contributed by atoms with Crippen molar-refractivity contribution in [3.63, 3.8) is 0 Å². The minimum absolute atomic E-state index is 0.146. The van der Waals surface area contributed by atoms with Crippen molar-refractivity contribution in [2.24, 2.45) is 5.92 Å². The molecule has 0 aromatic heterocycles. The molecule has 4 rings (SSSR count). The fraction of sp³-hybridized carbons (Fsp3) is 0.458. The summed E-state index contributed by atoms with van der Waals surface area (Å²) < 4.78 is 6.06. The molecule has 1 fully saturated rings. The van der Waals surface area contributed by atoms with E-state index in [0.717, 1.165) is 42.3 Å². The predicted molar refractivity (Wildman–Crippen MR) is 112 cm³/mol. The summed E-state index contributed by atoms with van der Waals surface area (Å²) in [7, 11) is 1.95. The lowest BCUT2D eigenvalue weighted by molar-refractivity contribution is -0.131. The second kappa shape index (κ2) is 7.96. The van der Waals surface area contributed by atoms with Gasteiger partial charge in [-0.15, -0.1) is 0 Å². The Bertz CT molecular complexity index is 797. The number of nitrogens with zero attached hydrogens (tertiary/aromatic N) is 2. The number of hydrogen-bond donors (Lipinski definition) is 0. The van der Waals surface area contributed by atoms with Gasteiger partial charge in [-0.25, -0.2) is 0 Å². The molecule has 2 aromatic rings. The van der Waals surface area contributed by atoms with Gasteiger partial charge in [-0.2, -0.15) is 0 Å². The Morgan fingerprint density at radius 1 is 1.04 bits per heavy atom. The lowest BCUT2D eigenvalue weighted by Crippen LogP contribution is -2.47. The molecule has 0 radical (unpaired) electrons. The second-order valence-electron chi connectivity index (χ2n) is 8.38. The molecule has 0 aliphatic carbocycles. The van der Waals surface area contributed by atoms with Gasteiger partial charge in [0.05, 0.1) is 5.92 Å². The van der Waals surface area contributed by atoms with E-state index < -0.39 is 0 Å². The van der Waals surface area contributed by atoms with Gasteiger partial charge >= 0.3 is 0 Å². The normalized spacial score (nSPS) is 17.7. The van der Waals surface area contributed by atoms with Crippen LogP contribution in [0.25, 0.3) is 0 Å². The number of fused-ring (bicyclic) bond motifs is 2. The highest BCUT2D eigenvalue weighted by atomic mass is 16.5. The number of benzene rings is 2. The van der Waals surface area contributed by atoms with Crippen LogP contribution in [0, 0.1) is 5.92 Å². The van der Waals surface area contributed by atoms with E-state index in [1.807, 2.05) is 60.5 Å². The molecule has 1 saturated heterocycles. The number of likely N-dealkylation sites (N-methyl/N-ethyl adjacent to an activating group) is 1. The molecule has 2 aromatic carbocycles. The molecule has 1 unspecified atom stereocenters. The lowest BCUT2D eigenvalue weighted by Gasteiger charge is -2.36. The molecule has 4 nitrogen and oxygen atoms in total. The van der Waals surface area contributed by atoms with Gasteiger partial charge in [-0.1, -0.05) is 50.2 Å². The van der Waals surface area contributed by atoms with Crippen molar-refractivity contribution in [3.05, 3.63) is 59.7 Å². The fourth-order valence-electron chi connectivity index (χ4n) is 4.59. The molecule has 1 atom stereocenters. The van der Waals surface area contributed by atoms with Gasteiger partial charge in [0.15, 0.2) is 0 Å². The predicted octanol–water partition coefficient (Wildman–Crippen LogP) is 4.50. The highest BCUT2D eigenvalue weighted by Gasteiger charge is 2.35. The van der Waals surface area contributed by atoms with Crippen molar-refractivity contribution >= 4 is 5.91 Å². The van der Waals surface area contributed by atoms with E-state index in [1.165, 1.54) is 12.8 Å². The number of amides is 1. The third kappa shape index (κ3) is 3.53. The average molecular weight is 379 g/mol. The minimum Gasteiger partial charge on any atom is -0.457 e. The molecule has 148 valence electrons. The Kier molecular flexibility index (Phi) is 5.40. The Balaban J connectivity index is 1.62. The van der Waals surface area contributed by atoms with Crippen LogP contribution >= 0.6 is 0 Å². The molecule has 2 aliphatic heterocycles. The first-order valence-corrected chi connectivity index (χ1v) is 10.4. The molecular weight excluding hydrogens is 348 g/mol. The quantitative estimate of drug-likeness (QED) is 0.768. The zero-order valence-electron chi connectivity index (χ0n) is 17.1. The molecular formula is C24H30N2O2. The monoisotopic (exact) mass is 378 g/mol. The minimum atomic E-state index is -0.308. The highest BCUT2D eigenvalue weighted by molar-refractivity contribution is 5.89. The number of likely N-dealkylation sites (tertiary alicyclic amines) is 1. The standard InChI is InChI=1S/C24H30N2O2/c1-17(2)20(26-14-8-9-15-26)16-25(3)24(27)23-18-10-4-6-12-21(18)28-22-13-7-5-11-19(22)23/h4-7,10-13,17,20,23H,8-9,14-16H2,1-3H3. The summed E-state index contributed by atoms with van der Waals surface area (Å²) in [5, 5.41) is 0. The van der Waals surface area contributed by atoms with E-state index in [4.69, 9.17) is 4.74 Å². The van der Waals surface area contributed by atoms with E-state index in [1.54, 1.807) is 0 Å². The average Bonchev–Trinajstić information content (AvgIpc) is 3.23. The molecule has 2 heterocycles. The number of ether oxygens (including phenoxy) is 1. The van der Waals surface area contributed by atoms with Crippen molar-refractivity contribution in [2.45, 2.75) is 38.6 Å². The molecule has 0 N–H and O–H groups in total. The first-order valence-electron chi connectivity index (χ1n) is 10.4. The summed E-state index contributed by atoms with van der Waals surface area (Å²) in [6.07, 6.45) is 2.53. The molecule has 0 saturated carbocycles. The van der Waals surface area contributed by atoms with Crippen LogP contribution in [0.1, 0.15) is 43.7 Å². The van der Waals surface area contributed by atoms with Crippen molar-refractivity contribution in [3.8, 4) is 11.5 Å². The topological polar surface area (TPSA) is 32.8 Å². The van der Waals surface area contributed by atoms with E-state index in [9.17, 15) is 4.79 Å². The van der Waals surface area contributed by atoms with Gasteiger partial charge in [0, 0.05) is 30.8 Å². The Morgan fingerprint density at radius 3 is 2.11 bits per heavy atom. The molecule has 1 amide bonds. The first-order chi connectivity index (χ1) is 13.6. The summed E-state index contributed by atoms with van der Waals surface area (Å²) in [4.78, 5) is 18.1. The number of carbonyl (C=O) groups excluding carboxylic acids is 1. The van der Waals surface area contributed by atoms with Crippen molar-refractivity contribution in [1.82, 2.24) is 9.80 Å². The maximum atomic E-state index is 13.6. The third-order valence-electron chi connectivity index (χ3n) is 6.14. The zero-order valence-corrected chi connectivity index (χ0v) is 17.1. The summed E-state index contributed by atoms with van der Waals surface area (Å²) in [6, 6.07) is 16.2. The molecule has 4 heteroatoms. The van der Waals surface area contributed by atoms with Crippen LogP contribution < -0.4 is 4.74 Å². The number of carbonyl (C=O) groups is 1. The van der Waals surface area contributed by atoms with Gasteiger partial charge in [0.1, 0.15) is 11.5 Å². The molecule has 2 aliphatic rings. The van der Waals surface area contributed by atoms with E-state index in [0.29, 0.717) is 12.0 Å². The van der Waals surface area contributed by atoms with Gasteiger partial charge in [-0.05, 0) is 44.0 Å². The largest absolute Gasteiger partial charge is 0.457 e. The summed E-state index contributed by atoms with van der Waals surface area (Å²) in [5.74, 6) is 1.93. The van der Waals surface area contributed by atoms with E-state index in [2.05, 4.69) is 18.7 Å². The van der Waals surface area contributed by atoms with Gasteiger partial charge in [0.25, 0.3) is 0 Å². The molecule has 0 spiro atoms. The van der Waals surface area contributed by atoms with Crippen molar-refractivity contribution < 1.29 is 9.53 Å². The maximum absolute atomic E-state index is 13.6. The van der Waals surface area contributed by atoms with Gasteiger partial charge in [0.2, 0.25) is 5.91 Å². The van der Waals surface area contributed by atoms with Crippen LogP contribution in [-0.4, -0.2) is 48.4 Å². The SMILES string of the molecule is CC(C)C(CN(C)C(=O)C1c2ccccc2Oc2ccccc21)N1CCCC1. The maximum Gasteiger partial charge on any atom is 0.234 e. The Labute approximate surface area is 168 Å². The fourth-order valence-corrected chi connectivity index (χ4v) is 4.59. The summed E-state index contributed by atoms with van der Waals surface area (Å²) in [6.45, 7) is 7.58. The second-order valence-corrected chi connectivity index (χ2v) is 8.38. The van der Waals surface area contributed by atoms with E-state index in [-0.39, 0.29) is 11.8 Å². The molecule has 28 heavy (non-hydrogen) atoms. The van der Waals surface area contributed by atoms with Crippen LogP contribution in [0.5, 0.6) is 11.5 Å². The van der Waals surface area contributed by atoms with E-state index >= 15 is 0 Å². The zero-order chi connectivity index (χ0) is 19.7. The third-order valence-corrected chi connectivity index (χ3v) is 6.14. The summed E-state index contributed by atoms with van der Waals surface area (Å²) in [5.41, 5.74) is 1.92. The highest BCUT2D eigenvalue weighted by Crippen LogP contribution is 2.44. The van der Waals surface area contributed by atoms with Crippen LogP contribution in [0.3, 0.4) is 0 Å². The number of para-hydroxylation sites is 2. The molecule has 0 bridgehead atoms. The number of hydrogen-bond acceptors (Lipinski definition) is 3.